The third-order valence-electron chi connectivity index (χ3n) is 7.08. The Bertz CT molecular complexity index is 1020. The number of rotatable bonds is 8. The van der Waals surface area contributed by atoms with Crippen LogP contribution in [-0.4, -0.2) is 107 Å². The second kappa shape index (κ2) is 10.9. The Kier molecular flexibility index (Phi) is 8.74. The topological polar surface area (TPSA) is 108 Å². The summed E-state index contributed by atoms with van der Waals surface area (Å²) in [6.45, 7) is 8.50. The van der Waals surface area contributed by atoms with E-state index < -0.39 is 21.7 Å². The number of hydrogen-bond acceptors (Lipinski definition) is 7. The Morgan fingerprint density at radius 1 is 1.19 bits per heavy atom. The molecular weight excluding hydrogens is 486 g/mol. The van der Waals surface area contributed by atoms with Crippen molar-refractivity contribution >= 4 is 15.9 Å². The second-order valence-electron chi connectivity index (χ2n) is 10.9. The van der Waals surface area contributed by atoms with Crippen LogP contribution in [0, 0.1) is 19.1 Å². The first-order valence-corrected chi connectivity index (χ1v) is 13.8. The van der Waals surface area contributed by atoms with Gasteiger partial charge in [-0.1, -0.05) is 0 Å². The quantitative estimate of drug-likeness (QED) is 0.376. The van der Waals surface area contributed by atoms with Gasteiger partial charge in [-0.15, -0.1) is 0 Å². The SMILES string of the molecule is COc1cc(C)c(S(=O)(=O)N2CC(C)(C)OC[C@H]2COCC(=O)N2CCC([N+](C)(C)[O-])CC2)c(C)c1. The minimum absolute atomic E-state index is 0.0126. The van der Waals surface area contributed by atoms with E-state index in [1.807, 2.05) is 13.8 Å². The van der Waals surface area contributed by atoms with Crippen LogP contribution >= 0.6 is 0 Å². The van der Waals surface area contributed by atoms with Gasteiger partial charge in [0, 0.05) is 32.5 Å². The van der Waals surface area contributed by atoms with Gasteiger partial charge >= 0.3 is 0 Å². The Hall–Kier alpha value is -1.76. The van der Waals surface area contributed by atoms with Crippen LogP contribution in [0.25, 0.3) is 0 Å². The van der Waals surface area contributed by atoms with Crippen LogP contribution in [0.2, 0.25) is 0 Å². The van der Waals surface area contributed by atoms with Gasteiger partial charge in [0.25, 0.3) is 0 Å². The average Bonchev–Trinajstić information content (AvgIpc) is 2.78. The standard InChI is InChI=1S/C25H41N3O7S/c1-18-12-22(33-7)13-19(2)24(18)36(31,32)27-17-25(3,4)35-15-20(27)14-34-16-23(29)26-10-8-21(9-11-26)28(5,6)30/h12-13,20-21H,8-11,14-17H2,1-7H3/t20-/m1/s1. The zero-order valence-electron chi connectivity index (χ0n) is 22.6. The molecule has 2 heterocycles. The van der Waals surface area contributed by atoms with E-state index in [-0.39, 0.29) is 47.9 Å². The number of benzene rings is 1. The lowest BCUT2D eigenvalue weighted by Crippen LogP contribution is -2.57. The van der Waals surface area contributed by atoms with Gasteiger partial charge in [0.2, 0.25) is 15.9 Å². The van der Waals surface area contributed by atoms with Gasteiger partial charge in [-0.25, -0.2) is 8.42 Å². The van der Waals surface area contributed by atoms with Gasteiger partial charge in [0.05, 0.1) is 57.0 Å². The lowest BCUT2D eigenvalue weighted by molar-refractivity contribution is -0.868. The third-order valence-corrected chi connectivity index (χ3v) is 9.28. The number of hydroxylamine groups is 3. The molecule has 0 aromatic heterocycles. The largest absolute Gasteiger partial charge is 0.633 e. The molecule has 2 saturated heterocycles. The van der Waals surface area contributed by atoms with E-state index >= 15 is 0 Å². The van der Waals surface area contributed by atoms with Crippen molar-refractivity contribution in [2.24, 2.45) is 0 Å². The van der Waals surface area contributed by atoms with Crippen LogP contribution in [-0.2, 0) is 24.3 Å². The van der Waals surface area contributed by atoms with E-state index in [0.29, 0.717) is 42.8 Å². The van der Waals surface area contributed by atoms with Crippen molar-refractivity contribution < 1.29 is 32.1 Å². The second-order valence-corrected chi connectivity index (χ2v) is 12.8. The molecule has 0 bridgehead atoms. The van der Waals surface area contributed by atoms with Crippen molar-refractivity contribution in [3.05, 3.63) is 28.5 Å². The molecule has 36 heavy (non-hydrogen) atoms. The summed E-state index contributed by atoms with van der Waals surface area (Å²) >= 11 is 0. The van der Waals surface area contributed by atoms with Gasteiger partial charge in [0.1, 0.15) is 12.4 Å². The normalized spacial score (nSPS) is 22.0. The average molecular weight is 528 g/mol. The molecule has 1 aromatic carbocycles. The molecule has 2 fully saturated rings. The van der Waals surface area contributed by atoms with Gasteiger partial charge < -0.3 is 29.0 Å². The highest BCUT2D eigenvalue weighted by molar-refractivity contribution is 7.89. The van der Waals surface area contributed by atoms with Crippen molar-refractivity contribution in [3.8, 4) is 5.75 Å². The predicted octanol–water partition coefficient (Wildman–Crippen LogP) is 2.06. The van der Waals surface area contributed by atoms with Crippen molar-refractivity contribution in [2.45, 2.75) is 63.1 Å². The van der Waals surface area contributed by atoms with Gasteiger partial charge in [-0.05, 0) is 51.0 Å². The van der Waals surface area contributed by atoms with Crippen LogP contribution in [0.15, 0.2) is 17.0 Å². The van der Waals surface area contributed by atoms with Crippen molar-refractivity contribution in [3.63, 3.8) is 0 Å². The maximum absolute atomic E-state index is 13.9. The number of piperidine rings is 1. The number of aryl methyl sites for hydroxylation is 2. The highest BCUT2D eigenvalue weighted by Gasteiger charge is 2.42. The Labute approximate surface area is 215 Å². The van der Waals surface area contributed by atoms with Crippen molar-refractivity contribution in [1.29, 1.82) is 0 Å². The molecule has 1 aromatic rings. The first-order chi connectivity index (χ1) is 16.7. The summed E-state index contributed by atoms with van der Waals surface area (Å²) in [5, 5.41) is 12.2. The molecule has 0 N–H and O–H groups in total. The molecule has 0 unspecified atom stereocenters. The van der Waals surface area contributed by atoms with Gasteiger partial charge in [-0.2, -0.15) is 4.31 Å². The first-order valence-electron chi connectivity index (χ1n) is 12.4. The minimum atomic E-state index is -3.87. The van der Waals surface area contributed by atoms with E-state index in [4.69, 9.17) is 14.2 Å². The number of ether oxygens (including phenoxy) is 3. The molecule has 0 radical (unpaired) electrons. The molecule has 204 valence electrons. The maximum atomic E-state index is 13.9. The highest BCUT2D eigenvalue weighted by Crippen LogP contribution is 2.32. The fourth-order valence-electron chi connectivity index (χ4n) is 5.03. The van der Waals surface area contributed by atoms with Crippen LogP contribution in [0.3, 0.4) is 0 Å². The first kappa shape index (κ1) is 28.8. The summed E-state index contributed by atoms with van der Waals surface area (Å²) in [7, 11) is 0.945. The summed E-state index contributed by atoms with van der Waals surface area (Å²) in [6.07, 6.45) is 1.31. The number of likely N-dealkylation sites (tertiary alicyclic amines) is 1. The van der Waals surface area contributed by atoms with E-state index in [1.165, 1.54) is 4.31 Å². The molecule has 2 aliphatic heterocycles. The molecular formula is C25H41N3O7S. The van der Waals surface area contributed by atoms with Crippen molar-refractivity contribution in [1.82, 2.24) is 9.21 Å². The summed E-state index contributed by atoms with van der Waals surface area (Å²) in [4.78, 5) is 14.7. The van der Waals surface area contributed by atoms with Crippen LogP contribution < -0.4 is 4.74 Å². The van der Waals surface area contributed by atoms with Crippen LogP contribution in [0.5, 0.6) is 5.75 Å². The molecule has 1 atom stereocenters. The molecule has 0 spiro atoms. The van der Waals surface area contributed by atoms with Gasteiger partial charge in [0.15, 0.2) is 0 Å². The Balaban J connectivity index is 1.68. The third kappa shape index (κ3) is 6.56. The van der Waals surface area contributed by atoms with E-state index in [9.17, 15) is 18.4 Å². The zero-order valence-corrected chi connectivity index (χ0v) is 23.4. The van der Waals surface area contributed by atoms with Crippen LogP contribution in [0.1, 0.15) is 37.8 Å². The minimum Gasteiger partial charge on any atom is -0.633 e. The number of sulfonamides is 1. The van der Waals surface area contributed by atoms with Gasteiger partial charge in [-0.3, -0.25) is 4.79 Å². The molecule has 10 nitrogen and oxygen atoms in total. The fraction of sp³-hybridized carbons (Fsp3) is 0.720. The van der Waals surface area contributed by atoms with Crippen molar-refractivity contribution in [2.75, 3.05) is 60.7 Å². The summed E-state index contributed by atoms with van der Waals surface area (Å²) in [6, 6.07) is 2.85. The summed E-state index contributed by atoms with van der Waals surface area (Å²) in [5.41, 5.74) is 0.551. The molecule has 0 aliphatic carbocycles. The molecule has 2 aliphatic rings. The number of methoxy groups -OCH3 is 1. The smallest absolute Gasteiger partial charge is 0.248 e. The number of amides is 1. The van der Waals surface area contributed by atoms with Crippen LogP contribution in [0.4, 0.5) is 0 Å². The van der Waals surface area contributed by atoms with E-state index in [0.717, 1.165) is 0 Å². The number of hydrogen-bond donors (Lipinski definition) is 0. The molecule has 11 heteroatoms. The fourth-order valence-corrected chi connectivity index (χ4v) is 7.19. The predicted molar refractivity (Wildman–Crippen MR) is 136 cm³/mol. The lowest BCUT2D eigenvalue weighted by Gasteiger charge is -2.45. The monoisotopic (exact) mass is 527 g/mol. The number of carbonyl (C=O) groups excluding carboxylic acids is 1. The zero-order chi connectivity index (χ0) is 26.9. The number of nitrogens with zero attached hydrogens (tertiary/aromatic N) is 3. The number of morpholine rings is 1. The lowest BCUT2D eigenvalue weighted by atomic mass is 10.0. The molecule has 3 rings (SSSR count). The van der Waals surface area contributed by atoms with E-state index in [2.05, 4.69) is 0 Å². The Morgan fingerprint density at radius 3 is 2.31 bits per heavy atom. The number of quaternary nitrogens is 1. The number of carbonyl (C=O) groups is 1. The molecule has 1 amide bonds. The molecule has 0 saturated carbocycles. The van der Waals surface area contributed by atoms with E-state index in [1.54, 1.807) is 52.1 Å². The highest BCUT2D eigenvalue weighted by atomic mass is 32.2. The summed E-state index contributed by atoms with van der Waals surface area (Å²) in [5.74, 6) is 0.449. The summed E-state index contributed by atoms with van der Waals surface area (Å²) < 4.78 is 45.8. The Morgan fingerprint density at radius 2 is 1.78 bits per heavy atom. The maximum Gasteiger partial charge on any atom is 0.248 e.